The lowest BCUT2D eigenvalue weighted by Gasteiger charge is -2.09. The first-order valence-electron chi connectivity index (χ1n) is 6.64. The van der Waals surface area contributed by atoms with Crippen LogP contribution >= 0.6 is 0 Å². The fourth-order valence-electron chi connectivity index (χ4n) is 1.83. The topological polar surface area (TPSA) is 72.6 Å². The first-order chi connectivity index (χ1) is 9.72. The lowest BCUT2D eigenvalue weighted by molar-refractivity contribution is 0.0686. The van der Waals surface area contributed by atoms with E-state index in [2.05, 4.69) is 12.1 Å². The standard InChI is InChI=1S/C15H17NO4/c1-2-3-6-9-19-13-8-5-4-7-11(13)14-10-12(15(17)18)16-20-14/h4-5,7-8,10H,2-3,6,9H2,1H3,(H,17,18). The number of carboxylic acids is 1. The van der Waals surface area contributed by atoms with E-state index in [1.54, 1.807) is 0 Å². The molecule has 0 unspecified atom stereocenters. The van der Waals surface area contributed by atoms with E-state index in [9.17, 15) is 4.79 Å². The van der Waals surface area contributed by atoms with E-state index in [0.717, 1.165) is 19.3 Å². The average molecular weight is 275 g/mol. The van der Waals surface area contributed by atoms with Gasteiger partial charge in [0.05, 0.1) is 12.2 Å². The molecule has 0 atom stereocenters. The zero-order valence-corrected chi connectivity index (χ0v) is 11.3. The maximum atomic E-state index is 10.8. The van der Waals surface area contributed by atoms with Crippen LogP contribution in [0.3, 0.4) is 0 Å². The number of carboxylic acid groups (broad SMARTS) is 1. The molecule has 0 fully saturated rings. The Bertz CT molecular complexity index is 577. The van der Waals surface area contributed by atoms with Crippen LogP contribution in [0.2, 0.25) is 0 Å². The lowest BCUT2D eigenvalue weighted by Crippen LogP contribution is -1.98. The molecular weight excluding hydrogens is 258 g/mol. The molecule has 20 heavy (non-hydrogen) atoms. The first-order valence-corrected chi connectivity index (χ1v) is 6.64. The number of ether oxygens (including phenoxy) is 1. The minimum Gasteiger partial charge on any atom is -0.493 e. The smallest absolute Gasteiger partial charge is 0.358 e. The van der Waals surface area contributed by atoms with Crippen LogP contribution in [-0.2, 0) is 0 Å². The highest BCUT2D eigenvalue weighted by molar-refractivity contribution is 5.86. The summed E-state index contributed by atoms with van der Waals surface area (Å²) in [5.41, 5.74) is 0.602. The number of aromatic carboxylic acids is 1. The second kappa shape index (κ2) is 6.75. The number of aromatic nitrogens is 1. The van der Waals surface area contributed by atoms with Gasteiger partial charge in [0.2, 0.25) is 0 Å². The van der Waals surface area contributed by atoms with E-state index in [1.807, 2.05) is 24.3 Å². The van der Waals surface area contributed by atoms with Gasteiger partial charge < -0.3 is 14.4 Å². The number of nitrogens with zero attached hydrogens (tertiary/aromatic N) is 1. The molecule has 2 aromatic rings. The summed E-state index contributed by atoms with van der Waals surface area (Å²) in [6, 6.07) is 8.77. The van der Waals surface area contributed by atoms with Gasteiger partial charge in [0.25, 0.3) is 0 Å². The number of unbranched alkanes of at least 4 members (excludes halogenated alkanes) is 2. The van der Waals surface area contributed by atoms with Crippen LogP contribution in [0.15, 0.2) is 34.9 Å². The minimum absolute atomic E-state index is 0.110. The number of para-hydroxylation sites is 1. The van der Waals surface area contributed by atoms with Crippen LogP contribution in [0.1, 0.15) is 36.7 Å². The summed E-state index contributed by atoms with van der Waals surface area (Å²) in [5, 5.41) is 12.4. The highest BCUT2D eigenvalue weighted by atomic mass is 16.5. The SMILES string of the molecule is CCCCCOc1ccccc1-c1cc(C(=O)O)no1. The molecule has 1 aromatic heterocycles. The van der Waals surface area contributed by atoms with Crippen molar-refractivity contribution in [2.75, 3.05) is 6.61 Å². The van der Waals surface area contributed by atoms with Crippen LogP contribution in [0.5, 0.6) is 5.75 Å². The van der Waals surface area contributed by atoms with Gasteiger partial charge in [0, 0.05) is 6.07 Å². The number of hydrogen-bond acceptors (Lipinski definition) is 4. The van der Waals surface area contributed by atoms with Crippen molar-refractivity contribution in [2.45, 2.75) is 26.2 Å². The third-order valence-electron chi connectivity index (χ3n) is 2.89. The molecular formula is C15H17NO4. The fourth-order valence-corrected chi connectivity index (χ4v) is 1.83. The predicted octanol–water partition coefficient (Wildman–Crippen LogP) is 3.61. The zero-order valence-electron chi connectivity index (χ0n) is 11.3. The van der Waals surface area contributed by atoms with Crippen molar-refractivity contribution in [1.29, 1.82) is 0 Å². The number of rotatable bonds is 7. The van der Waals surface area contributed by atoms with Gasteiger partial charge in [-0.15, -0.1) is 0 Å². The molecule has 0 saturated carbocycles. The second-order valence-electron chi connectivity index (χ2n) is 4.43. The zero-order chi connectivity index (χ0) is 14.4. The van der Waals surface area contributed by atoms with E-state index >= 15 is 0 Å². The fraction of sp³-hybridized carbons (Fsp3) is 0.333. The predicted molar refractivity (Wildman–Crippen MR) is 73.9 cm³/mol. The molecule has 1 aromatic carbocycles. The molecule has 106 valence electrons. The van der Waals surface area contributed by atoms with Gasteiger partial charge in [0.1, 0.15) is 5.75 Å². The van der Waals surface area contributed by atoms with Crippen molar-refractivity contribution in [3.8, 4) is 17.1 Å². The van der Waals surface area contributed by atoms with Gasteiger partial charge in [-0.05, 0) is 18.6 Å². The summed E-state index contributed by atoms with van der Waals surface area (Å²) in [7, 11) is 0. The molecule has 1 N–H and O–H groups in total. The van der Waals surface area contributed by atoms with Crippen LogP contribution in [0.4, 0.5) is 0 Å². The molecule has 0 spiro atoms. The summed E-state index contributed by atoms with van der Waals surface area (Å²) in [6.45, 7) is 2.76. The van der Waals surface area contributed by atoms with Crippen molar-refractivity contribution < 1.29 is 19.2 Å². The van der Waals surface area contributed by atoms with Gasteiger partial charge >= 0.3 is 5.97 Å². The Kier molecular flexibility index (Phi) is 4.76. The molecule has 0 aliphatic rings. The van der Waals surface area contributed by atoms with Crippen LogP contribution in [-0.4, -0.2) is 22.8 Å². The Morgan fingerprint density at radius 2 is 2.15 bits per heavy atom. The quantitative estimate of drug-likeness (QED) is 0.781. The Balaban J connectivity index is 2.16. The summed E-state index contributed by atoms with van der Waals surface area (Å²) >= 11 is 0. The van der Waals surface area contributed by atoms with E-state index in [4.69, 9.17) is 14.4 Å². The minimum atomic E-state index is -1.11. The molecule has 2 rings (SSSR count). The highest BCUT2D eigenvalue weighted by Gasteiger charge is 2.15. The Morgan fingerprint density at radius 3 is 2.85 bits per heavy atom. The monoisotopic (exact) mass is 275 g/mol. The summed E-state index contributed by atoms with van der Waals surface area (Å²) in [4.78, 5) is 10.8. The van der Waals surface area contributed by atoms with Crippen molar-refractivity contribution >= 4 is 5.97 Å². The largest absolute Gasteiger partial charge is 0.493 e. The Hall–Kier alpha value is -2.30. The molecule has 0 aliphatic carbocycles. The molecule has 0 aliphatic heterocycles. The van der Waals surface area contributed by atoms with Crippen molar-refractivity contribution in [2.24, 2.45) is 0 Å². The molecule has 0 saturated heterocycles. The summed E-state index contributed by atoms with van der Waals surface area (Å²) in [5.74, 6) is -0.0356. The second-order valence-corrected chi connectivity index (χ2v) is 4.43. The molecule has 0 radical (unpaired) electrons. The van der Waals surface area contributed by atoms with E-state index in [1.165, 1.54) is 6.07 Å². The van der Waals surface area contributed by atoms with Crippen molar-refractivity contribution in [3.63, 3.8) is 0 Å². The normalized spacial score (nSPS) is 10.4. The average Bonchev–Trinajstić information content (AvgIpc) is 2.94. The van der Waals surface area contributed by atoms with E-state index in [0.29, 0.717) is 23.7 Å². The van der Waals surface area contributed by atoms with Gasteiger partial charge in [-0.25, -0.2) is 4.79 Å². The maximum Gasteiger partial charge on any atom is 0.358 e. The van der Waals surface area contributed by atoms with Crippen LogP contribution in [0.25, 0.3) is 11.3 Å². The Labute approximate surface area is 117 Å². The van der Waals surface area contributed by atoms with Gasteiger partial charge in [-0.1, -0.05) is 37.1 Å². The molecule has 1 heterocycles. The highest BCUT2D eigenvalue weighted by Crippen LogP contribution is 2.30. The third kappa shape index (κ3) is 3.38. The van der Waals surface area contributed by atoms with Gasteiger partial charge in [-0.3, -0.25) is 0 Å². The van der Waals surface area contributed by atoms with E-state index in [-0.39, 0.29) is 5.69 Å². The van der Waals surface area contributed by atoms with Gasteiger partial charge in [-0.2, -0.15) is 0 Å². The Morgan fingerprint density at radius 1 is 1.35 bits per heavy atom. The molecule has 5 nitrogen and oxygen atoms in total. The molecule has 0 bridgehead atoms. The molecule has 0 amide bonds. The molecule has 5 heteroatoms. The maximum absolute atomic E-state index is 10.8. The number of hydrogen-bond donors (Lipinski definition) is 1. The van der Waals surface area contributed by atoms with Crippen LogP contribution in [0, 0.1) is 0 Å². The lowest BCUT2D eigenvalue weighted by atomic mass is 10.1. The van der Waals surface area contributed by atoms with Crippen LogP contribution < -0.4 is 4.74 Å². The number of benzene rings is 1. The third-order valence-corrected chi connectivity index (χ3v) is 2.89. The first kappa shape index (κ1) is 14.1. The van der Waals surface area contributed by atoms with Crippen molar-refractivity contribution in [3.05, 3.63) is 36.0 Å². The number of carbonyl (C=O) groups is 1. The van der Waals surface area contributed by atoms with Gasteiger partial charge in [0.15, 0.2) is 11.5 Å². The summed E-state index contributed by atoms with van der Waals surface area (Å²) < 4.78 is 10.8. The summed E-state index contributed by atoms with van der Waals surface area (Å²) in [6.07, 6.45) is 3.24. The van der Waals surface area contributed by atoms with E-state index < -0.39 is 5.97 Å². The van der Waals surface area contributed by atoms with Crippen molar-refractivity contribution in [1.82, 2.24) is 5.16 Å².